The first-order valence-electron chi connectivity index (χ1n) is 7.29. The van der Waals surface area contributed by atoms with Crippen LogP contribution in [0.3, 0.4) is 0 Å². The van der Waals surface area contributed by atoms with Gasteiger partial charge in [0.2, 0.25) is 5.91 Å². The van der Waals surface area contributed by atoms with Crippen molar-refractivity contribution in [2.24, 2.45) is 5.16 Å². The van der Waals surface area contributed by atoms with Crippen molar-refractivity contribution in [1.29, 1.82) is 0 Å². The third-order valence-corrected chi connectivity index (χ3v) is 3.45. The van der Waals surface area contributed by atoms with Crippen molar-refractivity contribution in [3.05, 3.63) is 29.8 Å². The Hall–Kier alpha value is -2.04. The number of anilines is 1. The van der Waals surface area contributed by atoms with Crippen LogP contribution in [0.4, 0.5) is 5.69 Å². The van der Waals surface area contributed by atoms with Crippen LogP contribution in [0, 0.1) is 0 Å². The van der Waals surface area contributed by atoms with Crippen LogP contribution in [0.1, 0.15) is 12.5 Å². The van der Waals surface area contributed by atoms with Crippen LogP contribution in [0.2, 0.25) is 0 Å². The first-order chi connectivity index (χ1) is 11.4. The zero-order chi connectivity index (χ0) is 17.7. The molecule has 9 heteroatoms. The molecule has 0 aromatic heterocycles. The zero-order valence-corrected chi connectivity index (χ0v) is 12.9. The number of carbonyl (C=O) groups is 1. The SMILES string of the molecule is CC(=O)Nc1ccc(/C=N/O[C@@H]2OC(CO)C(O)[C@H](O)C2O)cc1. The second kappa shape index (κ2) is 8.18. The van der Waals surface area contributed by atoms with E-state index >= 15 is 0 Å². The lowest BCUT2D eigenvalue weighted by Gasteiger charge is -2.38. The first kappa shape index (κ1) is 18.3. The van der Waals surface area contributed by atoms with Crippen LogP contribution in [0.15, 0.2) is 29.4 Å². The van der Waals surface area contributed by atoms with Crippen LogP contribution < -0.4 is 5.32 Å². The molecule has 0 saturated carbocycles. The molecule has 24 heavy (non-hydrogen) atoms. The predicted octanol–water partition coefficient (Wildman–Crippen LogP) is -1.20. The quantitative estimate of drug-likeness (QED) is 0.335. The largest absolute Gasteiger partial charge is 0.394 e. The van der Waals surface area contributed by atoms with Crippen molar-refractivity contribution in [2.75, 3.05) is 11.9 Å². The van der Waals surface area contributed by atoms with Gasteiger partial charge in [-0.15, -0.1) is 0 Å². The van der Waals surface area contributed by atoms with E-state index < -0.39 is 37.3 Å². The molecular formula is C15H20N2O7. The van der Waals surface area contributed by atoms with Gasteiger partial charge in [-0.1, -0.05) is 17.3 Å². The molecule has 132 valence electrons. The average Bonchev–Trinajstić information content (AvgIpc) is 2.56. The number of ether oxygens (including phenoxy) is 1. The molecular weight excluding hydrogens is 320 g/mol. The number of hydrogen-bond acceptors (Lipinski definition) is 8. The fraction of sp³-hybridized carbons (Fsp3) is 0.467. The second-order valence-electron chi connectivity index (χ2n) is 5.34. The molecule has 1 aromatic carbocycles. The van der Waals surface area contributed by atoms with Gasteiger partial charge in [-0.3, -0.25) is 4.79 Å². The number of nitrogens with one attached hydrogen (secondary N) is 1. The minimum atomic E-state index is -1.52. The molecule has 2 rings (SSSR count). The van der Waals surface area contributed by atoms with Crippen molar-refractivity contribution in [3.63, 3.8) is 0 Å². The summed E-state index contributed by atoms with van der Waals surface area (Å²) in [5, 5.41) is 44.4. The number of aliphatic hydroxyl groups excluding tert-OH is 4. The molecule has 0 radical (unpaired) electrons. The monoisotopic (exact) mass is 340 g/mol. The van der Waals surface area contributed by atoms with Crippen molar-refractivity contribution in [1.82, 2.24) is 0 Å². The highest BCUT2D eigenvalue weighted by Gasteiger charge is 2.44. The number of nitrogens with zero attached hydrogens (tertiary/aromatic N) is 1. The molecule has 1 saturated heterocycles. The van der Waals surface area contributed by atoms with Crippen molar-refractivity contribution < 1.29 is 34.8 Å². The van der Waals surface area contributed by atoms with E-state index in [2.05, 4.69) is 10.5 Å². The van der Waals surface area contributed by atoms with Crippen molar-refractivity contribution >= 4 is 17.8 Å². The highest BCUT2D eigenvalue weighted by molar-refractivity contribution is 5.89. The Kier molecular flexibility index (Phi) is 6.23. The van der Waals surface area contributed by atoms with Crippen molar-refractivity contribution in [2.45, 2.75) is 37.6 Å². The van der Waals surface area contributed by atoms with Crippen LogP contribution in [0.25, 0.3) is 0 Å². The van der Waals surface area contributed by atoms with Crippen LogP contribution in [0.5, 0.6) is 0 Å². The maximum atomic E-state index is 10.9. The minimum Gasteiger partial charge on any atom is -0.394 e. The van der Waals surface area contributed by atoms with E-state index in [9.17, 15) is 20.1 Å². The number of benzene rings is 1. The van der Waals surface area contributed by atoms with Gasteiger partial charge in [0.25, 0.3) is 6.29 Å². The Morgan fingerprint density at radius 1 is 1.25 bits per heavy atom. The van der Waals surface area contributed by atoms with Gasteiger partial charge in [-0.25, -0.2) is 0 Å². The van der Waals surface area contributed by atoms with Crippen LogP contribution in [-0.2, 0) is 14.4 Å². The predicted molar refractivity (Wildman–Crippen MR) is 83.2 cm³/mol. The standard InChI is InChI=1S/C15H20N2O7/c1-8(19)17-10-4-2-9(3-5-10)6-16-24-15-14(22)13(21)12(20)11(7-18)23-15/h2-6,11-15,18,20-22H,7H2,1H3,(H,17,19)/b16-6+/t11?,12?,13-,14?,15-/m0/s1. The van der Waals surface area contributed by atoms with E-state index in [1.807, 2.05) is 0 Å². The van der Waals surface area contributed by atoms with Gasteiger partial charge in [0, 0.05) is 12.6 Å². The number of aliphatic hydroxyl groups is 4. The minimum absolute atomic E-state index is 0.178. The molecule has 0 spiro atoms. The lowest BCUT2D eigenvalue weighted by Crippen LogP contribution is -2.58. The lowest BCUT2D eigenvalue weighted by atomic mass is 9.99. The topological polar surface area (TPSA) is 141 Å². The molecule has 0 aliphatic carbocycles. The molecule has 9 nitrogen and oxygen atoms in total. The normalized spacial score (nSPS) is 30.3. The molecule has 1 fully saturated rings. The summed E-state index contributed by atoms with van der Waals surface area (Å²) < 4.78 is 5.14. The van der Waals surface area contributed by atoms with Crippen molar-refractivity contribution in [3.8, 4) is 0 Å². The number of oxime groups is 1. The van der Waals surface area contributed by atoms with Gasteiger partial charge in [0.05, 0.1) is 12.8 Å². The molecule has 0 bridgehead atoms. The fourth-order valence-corrected chi connectivity index (χ4v) is 2.16. The van der Waals surface area contributed by atoms with Crippen LogP contribution >= 0.6 is 0 Å². The molecule has 5 N–H and O–H groups in total. The molecule has 1 heterocycles. The van der Waals surface area contributed by atoms with E-state index in [0.717, 1.165) is 0 Å². The molecule has 1 aliphatic rings. The van der Waals surface area contributed by atoms with Crippen LogP contribution in [-0.4, -0.2) is 69.9 Å². The highest BCUT2D eigenvalue weighted by atomic mass is 16.8. The van der Waals surface area contributed by atoms with E-state index in [0.29, 0.717) is 11.3 Å². The Labute approximate surface area is 138 Å². The zero-order valence-electron chi connectivity index (χ0n) is 12.9. The highest BCUT2D eigenvalue weighted by Crippen LogP contribution is 2.22. The lowest BCUT2D eigenvalue weighted by molar-refractivity contribution is -0.301. The number of amides is 1. The third kappa shape index (κ3) is 4.49. The van der Waals surface area contributed by atoms with Gasteiger partial charge in [0.1, 0.15) is 24.4 Å². The van der Waals surface area contributed by atoms with E-state index in [1.54, 1.807) is 24.3 Å². The molecule has 1 amide bonds. The van der Waals surface area contributed by atoms with Gasteiger partial charge < -0.3 is 35.3 Å². The second-order valence-corrected chi connectivity index (χ2v) is 5.34. The Morgan fingerprint density at radius 2 is 1.92 bits per heavy atom. The summed E-state index contributed by atoms with van der Waals surface area (Å²) in [6.07, 6.45) is -5.51. The number of hydrogen-bond donors (Lipinski definition) is 5. The van der Waals surface area contributed by atoms with Gasteiger partial charge in [0.15, 0.2) is 0 Å². The van der Waals surface area contributed by atoms with Gasteiger partial charge >= 0.3 is 0 Å². The molecule has 3 unspecified atom stereocenters. The first-order valence-corrected chi connectivity index (χ1v) is 7.29. The number of carbonyl (C=O) groups excluding carboxylic acids is 1. The van der Waals surface area contributed by atoms with E-state index in [1.165, 1.54) is 13.1 Å². The smallest absolute Gasteiger partial charge is 0.256 e. The van der Waals surface area contributed by atoms with E-state index in [4.69, 9.17) is 14.7 Å². The fourth-order valence-electron chi connectivity index (χ4n) is 2.16. The summed E-state index contributed by atoms with van der Waals surface area (Å²) in [6.45, 7) is 0.864. The van der Waals surface area contributed by atoms with Gasteiger partial charge in [-0.2, -0.15) is 0 Å². The summed E-state index contributed by atoms with van der Waals surface area (Å²) in [5.41, 5.74) is 1.29. The summed E-state index contributed by atoms with van der Waals surface area (Å²) in [5.74, 6) is -0.178. The summed E-state index contributed by atoms with van der Waals surface area (Å²) in [6, 6.07) is 6.73. The molecule has 5 atom stereocenters. The Bertz CT molecular complexity index is 576. The molecule has 1 aliphatic heterocycles. The Morgan fingerprint density at radius 3 is 2.50 bits per heavy atom. The number of rotatable bonds is 5. The van der Waals surface area contributed by atoms with E-state index in [-0.39, 0.29) is 5.91 Å². The third-order valence-electron chi connectivity index (χ3n) is 3.45. The van der Waals surface area contributed by atoms with Gasteiger partial charge in [-0.05, 0) is 17.7 Å². The Balaban J connectivity index is 1.94. The molecule has 1 aromatic rings. The summed E-state index contributed by atoms with van der Waals surface area (Å²) >= 11 is 0. The average molecular weight is 340 g/mol. The summed E-state index contributed by atoms with van der Waals surface area (Å²) in [7, 11) is 0. The summed E-state index contributed by atoms with van der Waals surface area (Å²) in [4.78, 5) is 15.9. The maximum absolute atomic E-state index is 10.9. The maximum Gasteiger partial charge on any atom is 0.256 e.